The first-order chi connectivity index (χ1) is 49.2. The van der Waals surface area contributed by atoms with Crippen molar-refractivity contribution in [1.29, 1.82) is 0 Å². The van der Waals surface area contributed by atoms with Gasteiger partial charge in [-0.25, -0.2) is 0 Å². The maximum atomic E-state index is 6.59. The Morgan fingerprint density at radius 2 is 0.626 bits per heavy atom. The first-order valence-corrected chi connectivity index (χ1v) is 362. The van der Waals surface area contributed by atoms with E-state index in [0.29, 0.717) is 10.8 Å². The number of para-hydroxylation sites is 1. The molecule has 0 amide bonds. The second-order valence-corrected chi connectivity index (χ2v) is 1290. The van der Waals surface area contributed by atoms with Crippen molar-refractivity contribution in [2.45, 2.75) is 154 Å². The molecule has 0 N–H and O–H groups in total. The number of hydrogen-bond donors (Lipinski definition) is 0. The average Bonchev–Trinajstić information content (AvgIpc) is 1.54. The summed E-state index contributed by atoms with van der Waals surface area (Å²) in [5.41, 5.74) is 11.4. The van der Waals surface area contributed by atoms with E-state index in [2.05, 4.69) is 684 Å². The molecule has 662 valence electrons. The number of nitrogens with zero attached hydrogens (tertiary/aromatic N) is 1. The zero-order valence-corrected chi connectivity index (χ0v) is 174. The van der Waals surface area contributed by atoms with Crippen LogP contribution in [0.1, 0.15) is 148 Å². The average molecular weight is 7670 g/mol. The molecule has 4 unspecified atom stereocenters. The molecule has 0 spiro atoms. The van der Waals surface area contributed by atoms with Gasteiger partial charge < -0.3 is 4.90 Å². The Hall–Kier alpha value is 37.2. The number of rotatable bonds is 26. The van der Waals surface area contributed by atoms with Crippen molar-refractivity contribution in [2.75, 3.05) is 4.90 Å². The minimum atomic E-state index is -0.588. The van der Waals surface area contributed by atoms with Crippen LogP contribution in [0.3, 0.4) is 0 Å². The molecule has 58 heteroatoms. The summed E-state index contributed by atoms with van der Waals surface area (Å²) in [5.74, 6) is 0. The topological polar surface area (TPSA) is 3.24 Å². The van der Waals surface area contributed by atoms with E-state index in [0.717, 1.165) is 14.5 Å². The molecule has 0 bridgehead atoms. The fourth-order valence-corrected chi connectivity index (χ4v) is 10100. The molecule has 1 nitrogen and oxygen atoms in total. The summed E-state index contributed by atoms with van der Waals surface area (Å²) in [6, 6.07) is 30.8. The van der Waals surface area contributed by atoms with Crippen molar-refractivity contribution in [3.63, 3.8) is 0 Å². The van der Waals surface area contributed by atoms with Crippen molar-refractivity contribution in [1.82, 2.24) is 0 Å². The predicted octanol–water partition coefficient (Wildman–Crippen LogP) is 63.7. The van der Waals surface area contributed by atoms with Gasteiger partial charge in [-0.3, -0.25) is 0 Å². The summed E-state index contributed by atoms with van der Waals surface area (Å²) in [6.07, 6.45) is 12.0. The Kier molecular flexibility index (Phi) is 84.8. The Labute approximate surface area is 1020 Å². The number of benzene rings is 4. The molecule has 4 aromatic carbocycles. The summed E-state index contributed by atoms with van der Waals surface area (Å²) in [5, 5.41) is 1.62. The fourth-order valence-electron chi connectivity index (χ4n) is 10.9. The van der Waals surface area contributed by atoms with Gasteiger partial charge >= 0.3 is 726 Å². The van der Waals surface area contributed by atoms with Gasteiger partial charge in [0.25, 0.3) is 0 Å². The number of hydrogen-bond acceptors (Lipinski definition) is 1. The van der Waals surface area contributed by atoms with Crippen LogP contribution in [0.15, 0.2) is 89.4 Å². The van der Waals surface area contributed by atoms with Crippen molar-refractivity contribution in [3.8, 4) is 0 Å². The van der Waals surface area contributed by atoms with Crippen LogP contribution in [0.25, 0.3) is 0 Å². The molecular formula is C49H62BrCl2I54N. The van der Waals surface area contributed by atoms with Gasteiger partial charge in [-0.05, 0) is 131 Å². The van der Waals surface area contributed by atoms with E-state index < -0.39 is 205 Å². The molecular weight excluding hydrogens is 7610 g/mol. The van der Waals surface area contributed by atoms with Crippen LogP contribution in [0, 0.1) is 5.41 Å². The molecule has 2 fully saturated rings. The van der Waals surface area contributed by atoms with Crippen LogP contribution in [0.4, 0.5) is 11.4 Å². The van der Waals surface area contributed by atoms with Crippen molar-refractivity contribution >= 4 is 777 Å². The monoisotopic (exact) mass is 7670 g/mol. The number of anilines is 2. The molecule has 0 radical (unpaired) electrons. The Balaban J connectivity index is 0.000000309. The van der Waals surface area contributed by atoms with E-state index in [1.165, 1.54) is 85.9 Å². The number of fused-ring (bicyclic) bond motifs is 6. The normalized spacial score (nSPS) is 23.1. The summed E-state index contributed by atoms with van der Waals surface area (Å²) in [4.78, 5) is 2.60. The fraction of sp³-hybridized carbons (Fsp3) is 0.510. The molecule has 107 heavy (non-hydrogen) atoms. The van der Waals surface area contributed by atoms with E-state index in [1.54, 1.807) is 11.1 Å². The first-order valence-electron chi connectivity index (χ1n) is 27.5. The van der Waals surface area contributed by atoms with Gasteiger partial charge in [0.1, 0.15) is 0 Å². The maximum absolute atomic E-state index is 6.59. The van der Waals surface area contributed by atoms with E-state index >= 15 is 0 Å². The second-order valence-electron chi connectivity index (χ2n) is 23.7. The molecule has 0 saturated heterocycles. The molecule has 4 aromatic rings. The van der Waals surface area contributed by atoms with E-state index in [-0.39, 0.29) is 21.8 Å². The van der Waals surface area contributed by atoms with Crippen molar-refractivity contribution in [3.05, 3.63) is 127 Å². The Bertz CT molecular complexity index is 3350. The van der Waals surface area contributed by atoms with Crippen LogP contribution in [0.5, 0.6) is 0 Å². The predicted molar refractivity (Wildman–Crippen MR) is 992 cm³/mol. The molecule has 3 aliphatic carbocycles. The second kappa shape index (κ2) is 67.4. The summed E-state index contributed by atoms with van der Waals surface area (Å²) in [7, 11) is -14.2. The van der Waals surface area contributed by atoms with Crippen LogP contribution < -0.4 is 4.90 Å². The van der Waals surface area contributed by atoms with Crippen LogP contribution in [-0.4, -0.2) is 5.54 Å². The van der Waals surface area contributed by atoms with Crippen LogP contribution >= 0.6 is 766 Å². The molecule has 1 heterocycles. The summed E-state index contributed by atoms with van der Waals surface area (Å²) >= 11 is 108. The summed E-state index contributed by atoms with van der Waals surface area (Å²) < 4.78 is 1.04. The van der Waals surface area contributed by atoms with Gasteiger partial charge in [0.05, 0.1) is 5.54 Å². The van der Waals surface area contributed by atoms with Crippen molar-refractivity contribution < 1.29 is 0 Å². The molecule has 4 aliphatic rings. The van der Waals surface area contributed by atoms with Gasteiger partial charge in [0.2, 0.25) is 0 Å². The minimum absolute atomic E-state index is 0.0790. The molecule has 8 rings (SSSR count). The molecule has 1 aliphatic heterocycles. The zero-order chi connectivity index (χ0) is 81.6. The third-order valence-corrected chi connectivity index (χ3v) is 4150. The van der Waals surface area contributed by atoms with Gasteiger partial charge in [-0.1, -0.05) is 170 Å². The van der Waals surface area contributed by atoms with Crippen LogP contribution in [0.2, 0.25) is 10.0 Å². The molecule has 4 atom stereocenters. The van der Waals surface area contributed by atoms with Gasteiger partial charge in [-0.15, -0.1) is 0 Å². The van der Waals surface area contributed by atoms with E-state index in [1.807, 2.05) is 12.1 Å². The van der Waals surface area contributed by atoms with Gasteiger partial charge in [0, 0.05) is 31.3 Å². The molecule has 0 aromatic heterocycles. The van der Waals surface area contributed by atoms with Gasteiger partial charge in [0.15, 0.2) is 0 Å². The van der Waals surface area contributed by atoms with Crippen molar-refractivity contribution in [2.24, 2.45) is 5.41 Å². The quantitative estimate of drug-likeness (QED) is 0.0567. The van der Waals surface area contributed by atoms with Crippen LogP contribution in [-0.2, 0) is 28.1 Å². The van der Waals surface area contributed by atoms with Gasteiger partial charge in [-0.2, -0.15) is 0 Å². The third-order valence-electron chi connectivity index (χ3n) is 16.0. The van der Waals surface area contributed by atoms with E-state index in [4.69, 9.17) is 23.2 Å². The SMILES string of the molecule is CC(C)(C)c1cc(Cl)cc(Br)c1.CC(C)(C)c1cc(Cl)cc(N2c3ccccc3C3(C)CCCCC23C)c1.CC12CCCCC1(C)c1ccccc1C2.II(I)I(I)I(I)I(I)I(I)I(I)I(I)I(I)I(I)I(I)I(I)I(I)I(I)I(I)I(I)I(I)I(I)I(I)I(I)I(I)I(I)I(I)I(I)I(I)I(I)I(I)I. The molecule has 2 saturated carbocycles. The standard InChI is InChI=1S/C24H30ClN.C15H20.C10H12BrCl.I54/c1-22(2,3)17-14-18(25)16-19(15-17)26-21-11-7-6-10-20(21)23(4)12-8-9-13-24(23,26)5;1-14-9-5-6-10-15(14,2)13-8-4-3-7-12(13)11-14;1-10(2,3)7-4-8(11)6-9(12)5-7;1-29(2)31(5)33(7)35(9)37(11)39(13)41(15)43(17)45(19)47(21)49(23)51(25)53(27)54(28)52(26)50(24)48(22)46(20)44(18)42(16)40(14)38(12)36(10)34(8)32(6)30(3)4/h6-7,10-11,14-16H,8-9,12-13H2,1-5H3;3-4,7-8H,5-6,9-11H2,1-2H3;4-6H,1-3H3;. The van der Waals surface area contributed by atoms with E-state index in [9.17, 15) is 0 Å². The third kappa shape index (κ3) is 41.5. The number of halogens is 57. The Morgan fingerprint density at radius 1 is 0.336 bits per heavy atom. The summed E-state index contributed by atoms with van der Waals surface area (Å²) in [6.45, 7) is 23.2. The first kappa shape index (κ1) is 135. The zero-order valence-electron chi connectivity index (χ0n) is 54.4. The Morgan fingerprint density at radius 3 is 0.972 bits per heavy atom.